The number of carbonyl (C=O) groups excluding carboxylic acids is 3. The Morgan fingerprint density at radius 3 is 3.03 bits per heavy atom. The Labute approximate surface area is 210 Å². The monoisotopic (exact) mass is 509 g/mol. The van der Waals surface area contributed by atoms with Gasteiger partial charge in [0.15, 0.2) is 0 Å². The van der Waals surface area contributed by atoms with Crippen molar-refractivity contribution in [2.45, 2.75) is 23.5 Å². The van der Waals surface area contributed by atoms with Crippen LogP contribution < -0.4 is 20.3 Å². The highest BCUT2D eigenvalue weighted by Crippen LogP contribution is 2.35. The number of hydrogen-bond donors (Lipinski definition) is 3. The van der Waals surface area contributed by atoms with Gasteiger partial charge in [0.2, 0.25) is 17.7 Å². The lowest BCUT2D eigenvalue weighted by Crippen LogP contribution is -2.41. The van der Waals surface area contributed by atoms with Crippen LogP contribution in [0.25, 0.3) is 11.0 Å². The minimum atomic E-state index is -1.33. The van der Waals surface area contributed by atoms with E-state index in [-0.39, 0.29) is 25.4 Å². The molecule has 2 aliphatic heterocycles. The van der Waals surface area contributed by atoms with E-state index in [4.69, 9.17) is 9.47 Å². The van der Waals surface area contributed by atoms with Gasteiger partial charge < -0.3 is 25.2 Å². The molecule has 1 saturated heterocycles. The number of aliphatic hydroxyl groups is 1. The second-order valence-corrected chi connectivity index (χ2v) is 9.31. The number of aliphatic hydroxyl groups excluding tert-OH is 1. The highest BCUT2D eigenvalue weighted by molar-refractivity contribution is 8.00. The maximum Gasteiger partial charge on any atom is 0.414 e. The molecule has 11 nitrogen and oxygen atoms in total. The lowest BCUT2D eigenvalue weighted by Gasteiger charge is -2.20. The number of fused-ring (bicyclic) bond motifs is 2. The molecule has 2 aliphatic rings. The molecule has 36 heavy (non-hydrogen) atoms. The molecule has 0 aliphatic carbocycles. The highest BCUT2D eigenvalue weighted by atomic mass is 32.2. The number of carbonyl (C=O) groups is 3. The lowest BCUT2D eigenvalue weighted by molar-refractivity contribution is -0.129. The van der Waals surface area contributed by atoms with Gasteiger partial charge in [-0.05, 0) is 35.9 Å². The molecule has 3 amide bonds. The van der Waals surface area contributed by atoms with Crippen LogP contribution >= 0.6 is 11.8 Å². The molecule has 3 aromatic rings. The van der Waals surface area contributed by atoms with E-state index in [1.165, 1.54) is 23.8 Å². The number of nitrogens with one attached hydrogen (secondary N) is 2. The van der Waals surface area contributed by atoms with Gasteiger partial charge in [0.1, 0.15) is 12.2 Å². The Morgan fingerprint density at radius 2 is 2.19 bits per heavy atom. The Hall–Kier alpha value is -3.90. The van der Waals surface area contributed by atoms with Crippen molar-refractivity contribution in [2.75, 3.05) is 36.2 Å². The average molecular weight is 510 g/mol. The second-order valence-electron chi connectivity index (χ2n) is 8.29. The molecule has 1 fully saturated rings. The number of benzene rings is 1. The van der Waals surface area contributed by atoms with Crippen molar-refractivity contribution in [3.63, 3.8) is 0 Å². The first-order chi connectivity index (χ1) is 17.4. The molecular weight excluding hydrogens is 486 g/mol. The van der Waals surface area contributed by atoms with E-state index in [9.17, 15) is 19.5 Å². The summed E-state index contributed by atoms with van der Waals surface area (Å²) in [7, 11) is 1.51. The number of cyclic esters (lactones) is 1. The zero-order chi connectivity index (χ0) is 25.2. The molecule has 0 bridgehead atoms. The van der Waals surface area contributed by atoms with E-state index < -0.39 is 24.2 Å². The largest absolute Gasteiger partial charge is 0.481 e. The van der Waals surface area contributed by atoms with Crippen molar-refractivity contribution in [3.8, 4) is 5.88 Å². The molecule has 2 atom stereocenters. The van der Waals surface area contributed by atoms with Crippen LogP contribution in [-0.2, 0) is 20.7 Å². The molecule has 1 aromatic carbocycles. The Bertz CT molecular complexity index is 1350. The number of amides is 3. The first-order valence-corrected chi connectivity index (χ1v) is 12.2. The van der Waals surface area contributed by atoms with Crippen molar-refractivity contribution in [1.82, 2.24) is 15.3 Å². The van der Waals surface area contributed by atoms with E-state index in [0.29, 0.717) is 39.6 Å². The van der Waals surface area contributed by atoms with Crippen LogP contribution in [0.15, 0.2) is 47.5 Å². The Balaban J connectivity index is 1.19. The van der Waals surface area contributed by atoms with Crippen molar-refractivity contribution >= 4 is 52.1 Å². The van der Waals surface area contributed by atoms with Gasteiger partial charge in [0.25, 0.3) is 0 Å². The third-order valence-corrected chi connectivity index (χ3v) is 6.93. The van der Waals surface area contributed by atoms with Crippen molar-refractivity contribution < 1.29 is 29.0 Å². The van der Waals surface area contributed by atoms with E-state index in [0.717, 1.165) is 4.90 Å². The van der Waals surface area contributed by atoms with E-state index in [2.05, 4.69) is 20.6 Å². The number of thioether (sulfide) groups is 1. The van der Waals surface area contributed by atoms with Crippen LogP contribution in [0.4, 0.5) is 16.2 Å². The van der Waals surface area contributed by atoms with Gasteiger partial charge >= 0.3 is 6.09 Å². The fourth-order valence-corrected chi connectivity index (χ4v) is 4.84. The summed E-state index contributed by atoms with van der Waals surface area (Å²) in [6, 6.07) is 10.5. The minimum Gasteiger partial charge on any atom is -0.481 e. The summed E-state index contributed by atoms with van der Waals surface area (Å²) in [5, 5.41) is 16.0. The summed E-state index contributed by atoms with van der Waals surface area (Å²) < 4.78 is 10.6. The van der Waals surface area contributed by atoms with Gasteiger partial charge in [-0.25, -0.2) is 9.78 Å². The number of methoxy groups -OCH3 is 1. The summed E-state index contributed by atoms with van der Waals surface area (Å²) in [6.07, 6.45) is -0.860. The van der Waals surface area contributed by atoms with Crippen LogP contribution in [0.3, 0.4) is 0 Å². The zero-order valence-electron chi connectivity index (χ0n) is 19.3. The maximum atomic E-state index is 12.6. The highest BCUT2D eigenvalue weighted by Gasteiger charge is 2.33. The number of nitrogens with zero attached hydrogens (tertiary/aromatic N) is 3. The fourth-order valence-electron chi connectivity index (χ4n) is 4.05. The molecule has 186 valence electrons. The third kappa shape index (κ3) is 4.90. The van der Waals surface area contributed by atoms with Gasteiger partial charge in [-0.2, -0.15) is 0 Å². The maximum absolute atomic E-state index is 12.6. The topological polar surface area (TPSA) is 143 Å². The summed E-state index contributed by atoms with van der Waals surface area (Å²) in [5.74, 6) is 0.0742. The van der Waals surface area contributed by atoms with E-state index >= 15 is 0 Å². The summed E-state index contributed by atoms with van der Waals surface area (Å²) in [6.45, 7) is 0.257. The smallest absolute Gasteiger partial charge is 0.414 e. The van der Waals surface area contributed by atoms with Gasteiger partial charge in [-0.1, -0.05) is 0 Å². The van der Waals surface area contributed by atoms with Crippen LogP contribution in [0.5, 0.6) is 5.88 Å². The summed E-state index contributed by atoms with van der Waals surface area (Å²) in [5.41, 5.74) is 3.06. The molecule has 0 spiro atoms. The molecule has 2 aromatic heterocycles. The van der Waals surface area contributed by atoms with Gasteiger partial charge in [0.05, 0.1) is 42.7 Å². The number of anilines is 2. The zero-order valence-corrected chi connectivity index (χ0v) is 20.1. The SMILES string of the molecule is COc1ccc2nccc(C[C@@H](O)C(=O)NC[C@@H]3CN(c4ccc5c(c4)NC(=O)CS5)C(=O)O3)c2n1. The standard InChI is InChI=1S/C24H23N5O6S/c1-34-21-5-3-16-22(28-21)13(6-7-25-16)8-18(30)23(32)26-10-15-11-29(24(33)35-15)14-2-4-19-17(9-14)27-20(31)12-36-19/h2-7,9,15,18,30H,8,10-12H2,1H3,(H,26,32)(H,27,31)/t15-,18-/m1/s1. The van der Waals surface area contributed by atoms with Crippen LogP contribution in [0.1, 0.15) is 5.56 Å². The number of ether oxygens (including phenoxy) is 2. The molecule has 3 N–H and O–H groups in total. The van der Waals surface area contributed by atoms with Crippen molar-refractivity contribution in [1.29, 1.82) is 0 Å². The quantitative estimate of drug-likeness (QED) is 0.434. The fraction of sp³-hybridized carbons (Fsp3) is 0.292. The van der Waals surface area contributed by atoms with E-state index in [1.54, 1.807) is 36.5 Å². The van der Waals surface area contributed by atoms with Crippen molar-refractivity contribution in [3.05, 3.63) is 48.2 Å². The summed E-state index contributed by atoms with van der Waals surface area (Å²) >= 11 is 1.43. The number of aromatic nitrogens is 2. The normalized spacial score (nSPS) is 17.8. The first kappa shape index (κ1) is 23.8. The van der Waals surface area contributed by atoms with Crippen molar-refractivity contribution in [2.24, 2.45) is 0 Å². The number of pyridine rings is 2. The lowest BCUT2D eigenvalue weighted by atomic mass is 10.1. The van der Waals surface area contributed by atoms with Gasteiger partial charge in [-0.3, -0.25) is 19.5 Å². The molecule has 0 unspecified atom stereocenters. The third-order valence-electron chi connectivity index (χ3n) is 5.85. The van der Waals surface area contributed by atoms with Crippen LogP contribution in [0.2, 0.25) is 0 Å². The number of hydrogen-bond acceptors (Lipinski definition) is 9. The second kappa shape index (κ2) is 9.99. The first-order valence-electron chi connectivity index (χ1n) is 11.2. The predicted octanol–water partition coefficient (Wildman–Crippen LogP) is 1.73. The average Bonchev–Trinajstić information content (AvgIpc) is 3.27. The molecule has 12 heteroatoms. The van der Waals surface area contributed by atoms with Gasteiger partial charge in [-0.15, -0.1) is 11.8 Å². The van der Waals surface area contributed by atoms with Gasteiger partial charge in [0, 0.05) is 29.3 Å². The Morgan fingerprint density at radius 1 is 1.33 bits per heavy atom. The molecule has 5 rings (SSSR count). The minimum absolute atomic E-state index is 0.0282. The van der Waals surface area contributed by atoms with Crippen LogP contribution in [0, 0.1) is 0 Å². The molecule has 4 heterocycles. The van der Waals surface area contributed by atoms with E-state index in [1.807, 2.05) is 6.07 Å². The van der Waals surface area contributed by atoms with Crippen LogP contribution in [-0.4, -0.2) is 71.1 Å². The molecule has 0 saturated carbocycles. The Kier molecular flexibility index (Phi) is 6.61. The molecular formula is C24H23N5O6S. The predicted molar refractivity (Wildman–Crippen MR) is 132 cm³/mol. The summed E-state index contributed by atoms with van der Waals surface area (Å²) in [4.78, 5) is 47.7. The number of rotatable bonds is 7. The molecule has 0 radical (unpaired) electrons.